The zero-order valence-electron chi connectivity index (χ0n) is 12.2. The summed E-state index contributed by atoms with van der Waals surface area (Å²) in [5.74, 6) is 0. The second-order valence-electron chi connectivity index (χ2n) is 4.92. The van der Waals surface area contributed by atoms with Crippen molar-refractivity contribution < 1.29 is 64.4 Å². The van der Waals surface area contributed by atoms with Crippen molar-refractivity contribution >= 4 is 31.7 Å². The molecule has 0 unspecified atom stereocenters. The van der Waals surface area contributed by atoms with Crippen LogP contribution in [0.3, 0.4) is 0 Å². The number of fused-ring (bicyclic) bond motifs is 2. The average molecular weight is 336 g/mol. The van der Waals surface area contributed by atoms with Crippen LogP contribution in [-0.4, -0.2) is 13.0 Å². The van der Waals surface area contributed by atoms with Gasteiger partial charge < -0.3 is 4.55 Å². The molecule has 3 aromatic rings. The molecule has 0 aliphatic heterocycles. The van der Waals surface area contributed by atoms with Gasteiger partial charge in [-0.05, 0) is 40.3 Å². The summed E-state index contributed by atoms with van der Waals surface area (Å²) in [6, 6.07) is 14.9. The van der Waals surface area contributed by atoms with E-state index in [1.807, 2.05) is 36.4 Å². The van der Waals surface area contributed by atoms with Crippen LogP contribution in [0.1, 0.15) is 5.56 Å². The van der Waals surface area contributed by atoms with Gasteiger partial charge in [0.15, 0.2) is 0 Å². The molecule has 0 radical (unpaired) electrons. The fraction of sp³-hybridized carbons (Fsp3) is 0.0588. The van der Waals surface area contributed by atoms with Crippen LogP contribution < -0.4 is 51.4 Å². The van der Waals surface area contributed by atoms with E-state index in [0.29, 0.717) is 17.4 Å². The minimum Gasteiger partial charge on any atom is -0.744 e. The Balaban J connectivity index is 0.00000176. The molecule has 0 amide bonds. The maximum Gasteiger partial charge on any atom is 1.00 e. The number of hydrogen-bond donors (Lipinski definition) is 0. The van der Waals surface area contributed by atoms with Crippen LogP contribution in [0, 0.1) is 0 Å². The Morgan fingerprint density at radius 2 is 1.64 bits per heavy atom. The third-order valence-corrected chi connectivity index (χ3v) is 4.51. The standard InChI is InChI=1S/C17H14O3S.K/c1-2-5-12-8-9-15-10-13-6-3-4-7-14(13)11-16(15)17(12)21(18,19)20;/h2-4,6-11H,1,5H2,(H,18,19,20);/q;+1/p-1. The molecular weight excluding hydrogens is 323 g/mol. The van der Waals surface area contributed by atoms with Gasteiger partial charge >= 0.3 is 51.4 Å². The maximum absolute atomic E-state index is 11.7. The third kappa shape index (κ3) is 3.36. The van der Waals surface area contributed by atoms with Crippen molar-refractivity contribution in [1.29, 1.82) is 0 Å². The molecule has 3 nitrogen and oxygen atoms in total. The Labute approximate surface area is 172 Å². The van der Waals surface area contributed by atoms with E-state index in [2.05, 4.69) is 6.58 Å². The quantitative estimate of drug-likeness (QED) is 0.305. The van der Waals surface area contributed by atoms with Crippen molar-refractivity contribution in [1.82, 2.24) is 0 Å². The summed E-state index contributed by atoms with van der Waals surface area (Å²) in [6.45, 7) is 3.61. The molecule has 0 heterocycles. The molecule has 0 fully saturated rings. The van der Waals surface area contributed by atoms with Gasteiger partial charge in [-0.25, -0.2) is 8.42 Å². The zero-order chi connectivity index (χ0) is 15.0. The largest absolute Gasteiger partial charge is 1.00 e. The smallest absolute Gasteiger partial charge is 0.744 e. The van der Waals surface area contributed by atoms with E-state index in [4.69, 9.17) is 0 Å². The molecule has 106 valence electrons. The summed E-state index contributed by atoms with van der Waals surface area (Å²) in [5.41, 5.74) is 0.489. The van der Waals surface area contributed by atoms with E-state index >= 15 is 0 Å². The van der Waals surface area contributed by atoms with E-state index in [1.54, 1.807) is 18.2 Å². The zero-order valence-corrected chi connectivity index (χ0v) is 16.2. The van der Waals surface area contributed by atoms with Crippen LogP contribution in [-0.2, 0) is 16.5 Å². The predicted molar refractivity (Wildman–Crippen MR) is 83.3 cm³/mol. The van der Waals surface area contributed by atoms with Gasteiger partial charge in [-0.3, -0.25) is 0 Å². The Kier molecular flexibility index (Phi) is 5.61. The van der Waals surface area contributed by atoms with Crippen molar-refractivity contribution in [2.24, 2.45) is 0 Å². The minimum absolute atomic E-state index is 0. The van der Waals surface area contributed by atoms with E-state index in [9.17, 15) is 13.0 Å². The Hall–Kier alpha value is -0.534. The first-order valence-electron chi connectivity index (χ1n) is 6.52. The topological polar surface area (TPSA) is 57.2 Å². The van der Waals surface area contributed by atoms with Crippen LogP contribution in [0.2, 0.25) is 0 Å². The molecule has 0 aliphatic rings. The first-order valence-corrected chi connectivity index (χ1v) is 7.93. The number of hydrogen-bond acceptors (Lipinski definition) is 3. The SMILES string of the molecule is C=CCc1ccc2cc3ccccc3cc2c1S(=O)(=O)[O-].[K+]. The normalized spacial score (nSPS) is 11.3. The molecule has 0 atom stereocenters. The van der Waals surface area contributed by atoms with Crippen LogP contribution in [0.5, 0.6) is 0 Å². The molecule has 0 N–H and O–H groups in total. The van der Waals surface area contributed by atoms with Crippen molar-refractivity contribution in [2.45, 2.75) is 11.3 Å². The van der Waals surface area contributed by atoms with Crippen LogP contribution in [0.4, 0.5) is 0 Å². The summed E-state index contributed by atoms with van der Waals surface area (Å²) in [6.07, 6.45) is 1.94. The van der Waals surface area contributed by atoms with E-state index < -0.39 is 10.1 Å². The summed E-state index contributed by atoms with van der Waals surface area (Å²) in [4.78, 5) is -0.134. The fourth-order valence-corrected chi connectivity index (χ4v) is 3.56. The molecule has 3 rings (SSSR count). The van der Waals surface area contributed by atoms with Crippen molar-refractivity contribution in [2.75, 3.05) is 0 Å². The minimum atomic E-state index is -4.55. The van der Waals surface area contributed by atoms with Gasteiger partial charge in [-0.1, -0.05) is 42.5 Å². The second-order valence-corrected chi connectivity index (χ2v) is 6.24. The van der Waals surface area contributed by atoms with Crippen LogP contribution in [0.25, 0.3) is 21.5 Å². The summed E-state index contributed by atoms with van der Waals surface area (Å²) >= 11 is 0. The molecular formula is C17H13KO3S. The van der Waals surface area contributed by atoms with Gasteiger partial charge in [0.2, 0.25) is 0 Å². The number of allylic oxidation sites excluding steroid dienone is 1. The van der Waals surface area contributed by atoms with Crippen molar-refractivity contribution in [3.8, 4) is 0 Å². The molecule has 0 bridgehead atoms. The van der Waals surface area contributed by atoms with Gasteiger partial charge in [0.25, 0.3) is 0 Å². The van der Waals surface area contributed by atoms with Gasteiger partial charge in [0, 0.05) is 5.39 Å². The first-order chi connectivity index (χ1) is 10.0. The molecule has 0 aliphatic carbocycles. The van der Waals surface area contributed by atoms with Gasteiger partial charge in [-0.2, -0.15) is 0 Å². The van der Waals surface area contributed by atoms with Crippen LogP contribution >= 0.6 is 0 Å². The van der Waals surface area contributed by atoms with Crippen molar-refractivity contribution in [3.63, 3.8) is 0 Å². The molecule has 0 aromatic heterocycles. The van der Waals surface area contributed by atoms with Gasteiger partial charge in [0.1, 0.15) is 10.1 Å². The fourth-order valence-electron chi connectivity index (χ4n) is 2.64. The Morgan fingerprint density at radius 1 is 1.00 bits per heavy atom. The van der Waals surface area contributed by atoms with E-state index in [1.165, 1.54) is 0 Å². The first kappa shape index (κ1) is 17.8. The summed E-state index contributed by atoms with van der Waals surface area (Å²) in [5, 5.41) is 3.14. The molecule has 0 spiro atoms. The maximum atomic E-state index is 11.7. The van der Waals surface area contributed by atoms with Crippen molar-refractivity contribution in [3.05, 3.63) is 66.7 Å². The second kappa shape index (κ2) is 6.92. The summed E-state index contributed by atoms with van der Waals surface area (Å²) < 4.78 is 35.1. The van der Waals surface area contributed by atoms with Gasteiger partial charge in [0.05, 0.1) is 4.90 Å². The number of rotatable bonds is 3. The number of benzene rings is 3. The van der Waals surface area contributed by atoms with E-state index in [-0.39, 0.29) is 56.3 Å². The van der Waals surface area contributed by atoms with Gasteiger partial charge in [-0.15, -0.1) is 6.58 Å². The van der Waals surface area contributed by atoms with E-state index in [0.717, 1.165) is 16.2 Å². The predicted octanol–water partition coefficient (Wildman–Crippen LogP) is 0.630. The summed E-state index contributed by atoms with van der Waals surface area (Å²) in [7, 11) is -4.55. The average Bonchev–Trinajstić information content (AvgIpc) is 2.44. The molecule has 22 heavy (non-hydrogen) atoms. The Morgan fingerprint density at radius 3 is 2.23 bits per heavy atom. The third-order valence-electron chi connectivity index (χ3n) is 3.53. The molecule has 0 saturated carbocycles. The molecule has 0 saturated heterocycles. The molecule has 5 heteroatoms. The van der Waals surface area contributed by atoms with Crippen LogP contribution in [0.15, 0.2) is 66.1 Å². The monoisotopic (exact) mass is 336 g/mol. The molecule has 3 aromatic carbocycles. The Bertz CT molecular complexity index is 962.